The molecule has 2 rings (SSSR count). The smallest absolute Gasteiger partial charge is 0.0491 e. The Morgan fingerprint density at radius 1 is 1.55 bits per heavy atom. The van der Waals surface area contributed by atoms with Gasteiger partial charge in [-0.25, -0.2) is 0 Å². The van der Waals surface area contributed by atoms with Crippen LogP contribution >= 0.6 is 0 Å². The second-order valence-electron chi connectivity index (χ2n) is 4.02. The van der Waals surface area contributed by atoms with Crippen LogP contribution in [0.4, 0.5) is 0 Å². The number of ether oxygens (including phenoxy) is 1. The van der Waals surface area contributed by atoms with Crippen molar-refractivity contribution in [3.8, 4) is 0 Å². The number of hydrogen-bond acceptors (Lipinski definition) is 2. The zero-order chi connectivity index (χ0) is 7.73. The van der Waals surface area contributed by atoms with Gasteiger partial charge < -0.3 is 10.1 Å². The van der Waals surface area contributed by atoms with Crippen molar-refractivity contribution in [2.24, 2.45) is 5.92 Å². The maximum Gasteiger partial charge on any atom is 0.0491 e. The Kier molecular flexibility index (Phi) is 1.90. The van der Waals surface area contributed by atoms with Gasteiger partial charge in [-0.15, -0.1) is 0 Å². The molecule has 2 heteroatoms. The Morgan fingerprint density at radius 2 is 2.36 bits per heavy atom. The average molecular weight is 155 g/mol. The largest absolute Gasteiger partial charge is 0.384 e. The van der Waals surface area contributed by atoms with Crippen molar-refractivity contribution in [1.82, 2.24) is 5.32 Å². The van der Waals surface area contributed by atoms with Gasteiger partial charge in [0.25, 0.3) is 0 Å². The van der Waals surface area contributed by atoms with E-state index in [1.54, 1.807) is 0 Å². The van der Waals surface area contributed by atoms with Gasteiger partial charge in [0.05, 0.1) is 0 Å². The zero-order valence-electron chi connectivity index (χ0n) is 7.23. The van der Waals surface area contributed by atoms with Gasteiger partial charge in [0.2, 0.25) is 0 Å². The molecule has 2 fully saturated rings. The van der Waals surface area contributed by atoms with Crippen LogP contribution in [-0.4, -0.2) is 25.8 Å². The van der Waals surface area contributed by atoms with E-state index in [0.717, 1.165) is 12.5 Å². The van der Waals surface area contributed by atoms with E-state index in [1.807, 2.05) is 7.11 Å². The predicted octanol–water partition coefficient (Wildman–Crippen LogP) is 1.16. The van der Waals surface area contributed by atoms with E-state index < -0.39 is 0 Å². The van der Waals surface area contributed by atoms with E-state index in [1.165, 1.54) is 32.2 Å². The van der Waals surface area contributed by atoms with Crippen LogP contribution in [0, 0.1) is 5.92 Å². The summed E-state index contributed by atoms with van der Waals surface area (Å²) < 4.78 is 5.17. The minimum absolute atomic E-state index is 0.571. The molecule has 1 heterocycles. The fraction of sp³-hybridized carbons (Fsp3) is 1.00. The van der Waals surface area contributed by atoms with E-state index in [9.17, 15) is 0 Å². The Morgan fingerprint density at radius 3 is 3.00 bits per heavy atom. The molecule has 1 saturated heterocycles. The molecule has 0 radical (unpaired) electrons. The highest BCUT2D eigenvalue weighted by atomic mass is 16.5. The summed E-state index contributed by atoms with van der Waals surface area (Å²) in [5, 5.41) is 3.60. The summed E-state index contributed by atoms with van der Waals surface area (Å²) in [6, 6.07) is 0. The molecule has 0 bridgehead atoms. The molecule has 1 N–H and O–H groups in total. The third kappa shape index (κ3) is 1.57. The summed E-state index contributed by atoms with van der Waals surface area (Å²) in [6.45, 7) is 2.16. The van der Waals surface area contributed by atoms with Crippen molar-refractivity contribution < 1.29 is 4.74 Å². The molecule has 1 saturated carbocycles. The zero-order valence-corrected chi connectivity index (χ0v) is 7.23. The van der Waals surface area contributed by atoms with E-state index in [2.05, 4.69) is 5.32 Å². The topological polar surface area (TPSA) is 21.3 Å². The minimum atomic E-state index is 0.571. The molecule has 64 valence electrons. The molecule has 1 aliphatic carbocycles. The average Bonchev–Trinajstić information content (AvgIpc) is 2.70. The van der Waals surface area contributed by atoms with Gasteiger partial charge >= 0.3 is 0 Å². The molecule has 2 aliphatic rings. The van der Waals surface area contributed by atoms with E-state index >= 15 is 0 Å². The van der Waals surface area contributed by atoms with Gasteiger partial charge in [-0.3, -0.25) is 0 Å². The molecular weight excluding hydrogens is 138 g/mol. The van der Waals surface area contributed by atoms with Gasteiger partial charge in [-0.2, -0.15) is 0 Å². The van der Waals surface area contributed by atoms with Crippen molar-refractivity contribution in [3.63, 3.8) is 0 Å². The van der Waals surface area contributed by atoms with Crippen molar-refractivity contribution >= 4 is 0 Å². The lowest BCUT2D eigenvalue weighted by Gasteiger charge is -2.29. The lowest BCUT2D eigenvalue weighted by atomic mass is 9.91. The molecular formula is C9H17NO. The first kappa shape index (κ1) is 7.56. The molecule has 2 nitrogen and oxygen atoms in total. The number of nitrogens with one attached hydrogen (secondary N) is 1. The van der Waals surface area contributed by atoms with E-state index in [-0.39, 0.29) is 0 Å². The quantitative estimate of drug-likeness (QED) is 0.646. The summed E-state index contributed by atoms with van der Waals surface area (Å²) in [7, 11) is 1.81. The first-order valence-electron chi connectivity index (χ1n) is 4.59. The highest BCUT2D eigenvalue weighted by Crippen LogP contribution is 2.43. The highest BCUT2D eigenvalue weighted by Gasteiger charge is 2.45. The molecule has 1 unspecified atom stereocenters. The molecule has 1 spiro atoms. The minimum Gasteiger partial charge on any atom is -0.384 e. The molecule has 11 heavy (non-hydrogen) atoms. The molecule has 0 aromatic rings. The second kappa shape index (κ2) is 2.76. The fourth-order valence-corrected chi connectivity index (χ4v) is 2.18. The maximum absolute atomic E-state index is 5.17. The van der Waals surface area contributed by atoms with E-state index in [4.69, 9.17) is 4.74 Å². The Labute approximate surface area is 68.3 Å². The molecule has 0 amide bonds. The number of methoxy groups -OCH3 is 1. The molecule has 0 aromatic carbocycles. The predicted molar refractivity (Wildman–Crippen MR) is 44.6 cm³/mol. The highest BCUT2D eigenvalue weighted by molar-refractivity contribution is 5.05. The SMILES string of the molecule is COCC1CCNC2(CC2)C1. The number of piperidine rings is 1. The number of rotatable bonds is 2. The van der Waals surface area contributed by atoms with Crippen molar-refractivity contribution in [2.45, 2.75) is 31.2 Å². The number of hydrogen-bond donors (Lipinski definition) is 1. The summed E-state index contributed by atoms with van der Waals surface area (Å²) in [5.74, 6) is 0.823. The summed E-state index contributed by atoms with van der Waals surface area (Å²) in [4.78, 5) is 0. The summed E-state index contributed by atoms with van der Waals surface area (Å²) in [5.41, 5.74) is 0.571. The van der Waals surface area contributed by atoms with Crippen molar-refractivity contribution in [2.75, 3.05) is 20.3 Å². The van der Waals surface area contributed by atoms with Gasteiger partial charge in [0.15, 0.2) is 0 Å². The van der Waals surface area contributed by atoms with E-state index in [0.29, 0.717) is 5.54 Å². The summed E-state index contributed by atoms with van der Waals surface area (Å²) >= 11 is 0. The van der Waals surface area contributed by atoms with Gasteiger partial charge in [-0.05, 0) is 38.1 Å². The van der Waals surface area contributed by atoms with Crippen LogP contribution < -0.4 is 5.32 Å². The lowest BCUT2D eigenvalue weighted by molar-refractivity contribution is 0.120. The van der Waals surface area contributed by atoms with Crippen molar-refractivity contribution in [1.29, 1.82) is 0 Å². The first-order valence-corrected chi connectivity index (χ1v) is 4.59. The molecule has 0 aromatic heterocycles. The fourth-order valence-electron chi connectivity index (χ4n) is 2.18. The standard InChI is InChI=1S/C9H17NO/c1-11-7-8-2-5-10-9(6-8)3-4-9/h8,10H,2-7H2,1H3. The first-order chi connectivity index (χ1) is 5.35. The van der Waals surface area contributed by atoms with Crippen LogP contribution in [0.1, 0.15) is 25.7 Å². The third-order valence-corrected chi connectivity index (χ3v) is 2.99. The summed E-state index contributed by atoms with van der Waals surface area (Å²) in [6.07, 6.45) is 5.44. The molecule has 1 aliphatic heterocycles. The van der Waals surface area contributed by atoms with Crippen LogP contribution in [0.5, 0.6) is 0 Å². The maximum atomic E-state index is 5.17. The van der Waals surface area contributed by atoms with Gasteiger partial charge in [-0.1, -0.05) is 0 Å². The lowest BCUT2D eigenvalue weighted by Crippen LogP contribution is -2.41. The Balaban J connectivity index is 1.83. The third-order valence-electron chi connectivity index (χ3n) is 2.99. The van der Waals surface area contributed by atoms with Crippen LogP contribution in [-0.2, 0) is 4.74 Å². The van der Waals surface area contributed by atoms with Gasteiger partial charge in [0.1, 0.15) is 0 Å². The van der Waals surface area contributed by atoms with Gasteiger partial charge in [0, 0.05) is 19.3 Å². The monoisotopic (exact) mass is 155 g/mol. The Hall–Kier alpha value is -0.0800. The van der Waals surface area contributed by atoms with Crippen LogP contribution in [0.3, 0.4) is 0 Å². The Bertz CT molecular complexity index is 140. The van der Waals surface area contributed by atoms with Crippen LogP contribution in [0.2, 0.25) is 0 Å². The van der Waals surface area contributed by atoms with Crippen LogP contribution in [0.15, 0.2) is 0 Å². The molecule has 1 atom stereocenters. The second-order valence-corrected chi connectivity index (χ2v) is 4.02. The van der Waals surface area contributed by atoms with Crippen LogP contribution in [0.25, 0.3) is 0 Å². The van der Waals surface area contributed by atoms with Crippen molar-refractivity contribution in [3.05, 3.63) is 0 Å². The normalized spacial score (nSPS) is 34.1.